The molecule has 1 aliphatic heterocycles. The number of hydrogen-bond donors (Lipinski definition) is 0. The van der Waals surface area contributed by atoms with Gasteiger partial charge in [-0.25, -0.2) is 4.98 Å². The van der Waals surface area contributed by atoms with Crippen LogP contribution < -0.4 is 4.90 Å². The van der Waals surface area contributed by atoms with E-state index in [4.69, 9.17) is 0 Å². The molecule has 1 radical (unpaired) electrons. The number of anilines is 1. The molecule has 0 aliphatic carbocycles. The van der Waals surface area contributed by atoms with Gasteiger partial charge in [-0.2, -0.15) is 4.37 Å². The standard InChI is InChI=1S/C8H12N3S/c1-2-7-9-8(12-10-7)11-5-3-4-6-11/h3H,2,4-6H2,1H3. The smallest absolute Gasteiger partial charge is 0.205 e. The van der Waals surface area contributed by atoms with Crippen molar-refractivity contribution in [2.24, 2.45) is 0 Å². The van der Waals surface area contributed by atoms with Gasteiger partial charge in [0.1, 0.15) is 5.82 Å². The quantitative estimate of drug-likeness (QED) is 0.694. The minimum absolute atomic E-state index is 0.939. The van der Waals surface area contributed by atoms with Crippen molar-refractivity contribution < 1.29 is 0 Å². The maximum absolute atomic E-state index is 4.42. The van der Waals surface area contributed by atoms with Crippen LogP contribution in [0.5, 0.6) is 0 Å². The number of hydrogen-bond acceptors (Lipinski definition) is 4. The first-order valence-electron chi connectivity index (χ1n) is 4.29. The predicted molar refractivity (Wildman–Crippen MR) is 50.4 cm³/mol. The SMILES string of the molecule is CCc1nsc(N2C[CH]CC2)n1. The molecule has 3 nitrogen and oxygen atoms in total. The third-order valence-corrected chi connectivity index (χ3v) is 2.81. The van der Waals surface area contributed by atoms with Crippen molar-refractivity contribution >= 4 is 16.7 Å². The second-order valence-electron chi connectivity index (χ2n) is 2.87. The van der Waals surface area contributed by atoms with E-state index in [-0.39, 0.29) is 0 Å². The van der Waals surface area contributed by atoms with Gasteiger partial charge in [0.05, 0.1) is 0 Å². The van der Waals surface area contributed by atoms with Crippen LogP contribution in [0.15, 0.2) is 0 Å². The predicted octanol–water partition coefficient (Wildman–Crippen LogP) is 1.51. The molecule has 1 aliphatic rings. The van der Waals surface area contributed by atoms with Gasteiger partial charge < -0.3 is 4.90 Å². The Kier molecular flexibility index (Phi) is 2.26. The molecule has 2 heterocycles. The van der Waals surface area contributed by atoms with Crippen molar-refractivity contribution in [3.8, 4) is 0 Å². The van der Waals surface area contributed by atoms with E-state index in [1.807, 2.05) is 0 Å². The van der Waals surface area contributed by atoms with Crippen LogP contribution in [-0.4, -0.2) is 22.4 Å². The van der Waals surface area contributed by atoms with Gasteiger partial charge in [0, 0.05) is 31.0 Å². The van der Waals surface area contributed by atoms with E-state index in [2.05, 4.69) is 27.6 Å². The minimum atomic E-state index is 0.939. The molecule has 0 saturated carbocycles. The Labute approximate surface area is 76.6 Å². The number of rotatable bonds is 2. The molecule has 1 aromatic rings. The zero-order valence-electron chi connectivity index (χ0n) is 7.16. The van der Waals surface area contributed by atoms with E-state index >= 15 is 0 Å². The third kappa shape index (κ3) is 1.43. The Morgan fingerprint density at radius 2 is 2.58 bits per heavy atom. The topological polar surface area (TPSA) is 29.0 Å². The van der Waals surface area contributed by atoms with E-state index in [1.165, 1.54) is 18.0 Å². The molecule has 0 spiro atoms. The van der Waals surface area contributed by atoms with Gasteiger partial charge in [-0.15, -0.1) is 0 Å². The average molecular weight is 182 g/mol. The van der Waals surface area contributed by atoms with Gasteiger partial charge in [0.15, 0.2) is 0 Å². The van der Waals surface area contributed by atoms with Gasteiger partial charge in [0.25, 0.3) is 0 Å². The van der Waals surface area contributed by atoms with Gasteiger partial charge in [0.2, 0.25) is 5.13 Å². The Bertz CT molecular complexity index is 253. The van der Waals surface area contributed by atoms with Crippen molar-refractivity contribution in [1.82, 2.24) is 9.36 Å². The molecule has 12 heavy (non-hydrogen) atoms. The monoisotopic (exact) mass is 182 g/mol. The van der Waals surface area contributed by atoms with Crippen LogP contribution in [0, 0.1) is 6.42 Å². The third-order valence-electron chi connectivity index (χ3n) is 2.00. The molecule has 2 rings (SSSR count). The zero-order valence-corrected chi connectivity index (χ0v) is 7.97. The summed E-state index contributed by atoms with van der Waals surface area (Å²) in [6.45, 7) is 4.23. The maximum atomic E-state index is 4.42. The van der Waals surface area contributed by atoms with Gasteiger partial charge in [-0.1, -0.05) is 6.92 Å². The number of aryl methyl sites for hydroxylation is 1. The normalized spacial score (nSPS) is 17.2. The van der Waals surface area contributed by atoms with Crippen LogP contribution in [0.2, 0.25) is 0 Å². The molecular weight excluding hydrogens is 170 g/mol. The maximum Gasteiger partial charge on any atom is 0.205 e. The van der Waals surface area contributed by atoms with E-state index in [1.54, 1.807) is 0 Å². The summed E-state index contributed by atoms with van der Waals surface area (Å²) < 4.78 is 4.25. The summed E-state index contributed by atoms with van der Waals surface area (Å²) in [5, 5.41) is 1.08. The first-order chi connectivity index (χ1) is 5.90. The highest BCUT2D eigenvalue weighted by Gasteiger charge is 2.15. The Morgan fingerprint density at radius 1 is 1.67 bits per heavy atom. The molecule has 1 fully saturated rings. The molecule has 65 valence electrons. The van der Waals surface area contributed by atoms with Crippen molar-refractivity contribution in [2.75, 3.05) is 18.0 Å². The lowest BCUT2D eigenvalue weighted by molar-refractivity contribution is 0.930. The number of aromatic nitrogens is 2. The lowest BCUT2D eigenvalue weighted by Crippen LogP contribution is -2.17. The van der Waals surface area contributed by atoms with Crippen LogP contribution in [0.3, 0.4) is 0 Å². The van der Waals surface area contributed by atoms with Crippen LogP contribution in [-0.2, 0) is 6.42 Å². The Balaban J connectivity index is 2.11. The zero-order chi connectivity index (χ0) is 8.39. The fraction of sp³-hybridized carbons (Fsp3) is 0.625. The van der Waals surface area contributed by atoms with E-state index in [9.17, 15) is 0 Å². The van der Waals surface area contributed by atoms with Gasteiger partial charge in [-0.05, 0) is 12.8 Å². The first kappa shape index (κ1) is 7.98. The highest BCUT2D eigenvalue weighted by Crippen LogP contribution is 2.21. The van der Waals surface area contributed by atoms with Gasteiger partial charge >= 0.3 is 0 Å². The molecule has 0 aromatic carbocycles. The van der Waals surface area contributed by atoms with E-state index in [0.717, 1.165) is 30.5 Å². The molecule has 0 atom stereocenters. The molecule has 1 aromatic heterocycles. The number of nitrogens with zero attached hydrogens (tertiary/aromatic N) is 3. The van der Waals surface area contributed by atoms with Crippen LogP contribution in [0.1, 0.15) is 19.2 Å². The molecule has 1 saturated heterocycles. The molecule has 0 bridgehead atoms. The lowest BCUT2D eigenvalue weighted by atomic mass is 10.4. The summed E-state index contributed by atoms with van der Waals surface area (Å²) in [6.07, 6.45) is 4.40. The van der Waals surface area contributed by atoms with E-state index in [0.29, 0.717) is 0 Å². The summed E-state index contributed by atoms with van der Waals surface area (Å²) in [5.74, 6) is 0.974. The summed E-state index contributed by atoms with van der Waals surface area (Å²) >= 11 is 1.52. The van der Waals surface area contributed by atoms with Crippen molar-refractivity contribution in [1.29, 1.82) is 0 Å². The minimum Gasteiger partial charge on any atom is -0.347 e. The van der Waals surface area contributed by atoms with E-state index < -0.39 is 0 Å². The average Bonchev–Trinajstić information content (AvgIpc) is 2.75. The van der Waals surface area contributed by atoms with Crippen molar-refractivity contribution in [2.45, 2.75) is 19.8 Å². The van der Waals surface area contributed by atoms with Crippen LogP contribution in [0.25, 0.3) is 0 Å². The van der Waals surface area contributed by atoms with Crippen molar-refractivity contribution in [3.05, 3.63) is 12.2 Å². The molecular formula is C8H12N3S. The largest absolute Gasteiger partial charge is 0.347 e. The molecule has 0 unspecified atom stereocenters. The second-order valence-corrected chi connectivity index (χ2v) is 3.60. The van der Waals surface area contributed by atoms with Gasteiger partial charge in [-0.3, -0.25) is 0 Å². The summed E-state index contributed by atoms with van der Waals surface area (Å²) in [4.78, 5) is 6.70. The van der Waals surface area contributed by atoms with Crippen LogP contribution >= 0.6 is 11.5 Å². The summed E-state index contributed by atoms with van der Waals surface area (Å²) in [7, 11) is 0. The highest BCUT2D eigenvalue weighted by atomic mass is 32.1. The second kappa shape index (κ2) is 3.39. The molecule has 0 amide bonds. The summed E-state index contributed by atoms with van der Waals surface area (Å²) in [5.41, 5.74) is 0. The van der Waals surface area contributed by atoms with Crippen molar-refractivity contribution in [3.63, 3.8) is 0 Å². The van der Waals surface area contributed by atoms with Crippen LogP contribution in [0.4, 0.5) is 5.13 Å². The Hall–Kier alpha value is -0.640. The Morgan fingerprint density at radius 3 is 3.17 bits per heavy atom. The highest BCUT2D eigenvalue weighted by molar-refractivity contribution is 7.09. The molecule has 0 N–H and O–H groups in total. The fourth-order valence-corrected chi connectivity index (χ4v) is 2.06. The summed E-state index contributed by atoms with van der Waals surface area (Å²) in [6, 6.07) is 0. The molecule has 4 heteroatoms. The fourth-order valence-electron chi connectivity index (χ4n) is 1.28. The lowest BCUT2D eigenvalue weighted by Gasteiger charge is -2.10. The first-order valence-corrected chi connectivity index (χ1v) is 5.06.